The van der Waals surface area contributed by atoms with Crippen molar-refractivity contribution in [2.24, 2.45) is 0 Å². The molecule has 0 aliphatic heterocycles. The monoisotopic (exact) mass is 501 g/mol. The maximum absolute atomic E-state index is 13.1. The van der Waals surface area contributed by atoms with Crippen LogP contribution in [0.15, 0.2) is 30.3 Å². The predicted octanol–water partition coefficient (Wildman–Crippen LogP) is 6.25. The highest BCUT2D eigenvalue weighted by Crippen LogP contribution is 2.39. The number of benzene rings is 2. The summed E-state index contributed by atoms with van der Waals surface area (Å²) in [5.74, 6) is 1.30. The van der Waals surface area contributed by atoms with Crippen LogP contribution in [0.1, 0.15) is 60.2 Å². The normalized spacial score (nSPS) is 12.7. The van der Waals surface area contributed by atoms with Crippen LogP contribution in [-0.4, -0.2) is 48.7 Å². The van der Waals surface area contributed by atoms with Crippen LogP contribution in [0.3, 0.4) is 0 Å². The largest absolute Gasteiger partial charge is 0.493 e. The number of aryl methyl sites for hydroxylation is 2. The van der Waals surface area contributed by atoms with Crippen molar-refractivity contribution in [1.82, 2.24) is 5.32 Å². The maximum Gasteiger partial charge on any atom is 0.251 e. The van der Waals surface area contributed by atoms with E-state index in [0.717, 1.165) is 6.42 Å². The molecule has 194 valence electrons. The number of hydrogen-bond acceptors (Lipinski definition) is 5. The molecule has 1 N–H and O–H groups in total. The van der Waals surface area contributed by atoms with Crippen molar-refractivity contribution in [1.29, 1.82) is 0 Å². The van der Waals surface area contributed by atoms with E-state index in [4.69, 9.17) is 18.6 Å². The van der Waals surface area contributed by atoms with Crippen LogP contribution in [0.5, 0.6) is 17.2 Å². The van der Waals surface area contributed by atoms with Gasteiger partial charge in [0.15, 0.2) is 19.8 Å². The molecular formula is C28H43NO5Si. The molecule has 35 heavy (non-hydrogen) atoms. The van der Waals surface area contributed by atoms with Gasteiger partial charge >= 0.3 is 0 Å². The fourth-order valence-corrected chi connectivity index (χ4v) is 4.67. The van der Waals surface area contributed by atoms with Crippen molar-refractivity contribution >= 4 is 14.2 Å². The van der Waals surface area contributed by atoms with Crippen LogP contribution in [0, 0.1) is 13.8 Å². The van der Waals surface area contributed by atoms with E-state index in [1.165, 1.54) is 30.9 Å². The van der Waals surface area contributed by atoms with Gasteiger partial charge in [-0.05, 0) is 67.2 Å². The van der Waals surface area contributed by atoms with Gasteiger partial charge in [0, 0.05) is 24.6 Å². The number of carbonyl (C=O) groups is 1. The van der Waals surface area contributed by atoms with E-state index >= 15 is 0 Å². The molecule has 0 aromatic heterocycles. The van der Waals surface area contributed by atoms with Crippen molar-refractivity contribution in [2.45, 2.75) is 65.1 Å². The third-order valence-corrected chi connectivity index (χ3v) is 11.7. The number of hydrogen-bond donors (Lipinski definition) is 1. The topological polar surface area (TPSA) is 66.0 Å². The van der Waals surface area contributed by atoms with Crippen molar-refractivity contribution in [3.8, 4) is 17.2 Å². The Hall–Kier alpha value is -2.51. The second-order valence-electron chi connectivity index (χ2n) is 10.6. The van der Waals surface area contributed by atoms with Crippen LogP contribution in [-0.2, 0) is 4.43 Å². The Morgan fingerprint density at radius 1 is 0.943 bits per heavy atom. The summed E-state index contributed by atoms with van der Waals surface area (Å²) >= 11 is 0. The standard InChI is InChI=1S/C28H43NO5Si/c1-19-11-12-21(15-20(19)2)22(13-14-34-35(9,10)28(3,4)5)18-29-27(30)23-16-24(31-6)26(33-8)25(17-23)32-7/h11-12,15-17,22H,13-14,18H2,1-10H3,(H,29,30). The molecule has 0 fully saturated rings. The van der Waals surface area contributed by atoms with Gasteiger partial charge in [-0.3, -0.25) is 4.79 Å². The molecule has 1 atom stereocenters. The quantitative estimate of drug-likeness (QED) is 0.368. The first-order valence-electron chi connectivity index (χ1n) is 12.1. The highest BCUT2D eigenvalue weighted by Gasteiger charge is 2.37. The first-order chi connectivity index (χ1) is 16.3. The molecule has 2 aromatic rings. The third kappa shape index (κ3) is 7.24. The van der Waals surface area contributed by atoms with Crippen LogP contribution < -0.4 is 19.5 Å². The lowest BCUT2D eigenvalue weighted by Gasteiger charge is -2.36. The van der Waals surface area contributed by atoms with Crippen molar-refractivity contribution < 1.29 is 23.4 Å². The summed E-state index contributed by atoms with van der Waals surface area (Å²) in [6.45, 7) is 16.7. The Morgan fingerprint density at radius 2 is 1.54 bits per heavy atom. The lowest BCUT2D eigenvalue weighted by molar-refractivity contribution is 0.0948. The van der Waals surface area contributed by atoms with Gasteiger partial charge in [-0.1, -0.05) is 39.0 Å². The van der Waals surface area contributed by atoms with E-state index in [-0.39, 0.29) is 16.9 Å². The molecule has 0 radical (unpaired) electrons. The Labute approximate surface area is 212 Å². The first kappa shape index (κ1) is 28.7. The number of carbonyl (C=O) groups excluding carboxylic acids is 1. The lowest BCUT2D eigenvalue weighted by Crippen LogP contribution is -2.41. The molecule has 7 heteroatoms. The maximum atomic E-state index is 13.1. The summed E-state index contributed by atoms with van der Waals surface area (Å²) in [7, 11) is 2.77. The zero-order valence-corrected chi connectivity index (χ0v) is 24.1. The van der Waals surface area contributed by atoms with Gasteiger partial charge in [0.25, 0.3) is 5.91 Å². The zero-order valence-electron chi connectivity index (χ0n) is 23.1. The van der Waals surface area contributed by atoms with E-state index in [1.54, 1.807) is 19.2 Å². The van der Waals surface area contributed by atoms with Crippen LogP contribution >= 0.6 is 0 Å². The Kier molecular flexibility index (Phi) is 9.81. The summed E-state index contributed by atoms with van der Waals surface area (Å²) in [6, 6.07) is 9.86. The molecule has 6 nitrogen and oxygen atoms in total. The van der Waals surface area contributed by atoms with Gasteiger partial charge in [-0.25, -0.2) is 0 Å². The highest BCUT2D eigenvalue weighted by molar-refractivity contribution is 6.74. The number of ether oxygens (including phenoxy) is 3. The summed E-state index contributed by atoms with van der Waals surface area (Å²) in [5, 5.41) is 3.27. The van der Waals surface area contributed by atoms with Gasteiger partial charge in [0.05, 0.1) is 21.3 Å². The van der Waals surface area contributed by atoms with Crippen LogP contribution in [0.25, 0.3) is 0 Å². The van der Waals surface area contributed by atoms with Gasteiger partial charge in [-0.2, -0.15) is 0 Å². The molecule has 2 rings (SSSR count). The molecule has 0 spiro atoms. The molecule has 1 unspecified atom stereocenters. The SMILES string of the molecule is COc1cc(C(=O)NCC(CCO[Si](C)(C)C(C)(C)C)c2ccc(C)c(C)c2)cc(OC)c1OC. The molecule has 1 amide bonds. The van der Waals surface area contributed by atoms with Crippen molar-refractivity contribution in [3.05, 3.63) is 52.6 Å². The van der Waals surface area contributed by atoms with Gasteiger partial charge in [0.2, 0.25) is 5.75 Å². The Bertz CT molecular complexity index is 988. The Morgan fingerprint density at radius 3 is 2.03 bits per heavy atom. The second-order valence-corrected chi connectivity index (χ2v) is 15.4. The smallest absolute Gasteiger partial charge is 0.251 e. The average Bonchev–Trinajstić information content (AvgIpc) is 2.80. The minimum atomic E-state index is -1.85. The summed E-state index contributed by atoms with van der Waals surface area (Å²) in [5.41, 5.74) is 4.16. The first-order valence-corrected chi connectivity index (χ1v) is 15.0. The fourth-order valence-electron chi connectivity index (χ4n) is 3.61. The minimum absolute atomic E-state index is 0.130. The molecule has 2 aromatic carbocycles. The molecular weight excluding hydrogens is 458 g/mol. The Balaban J connectivity index is 2.22. The summed E-state index contributed by atoms with van der Waals surface area (Å²) in [4.78, 5) is 13.1. The minimum Gasteiger partial charge on any atom is -0.493 e. The predicted molar refractivity (Wildman–Crippen MR) is 145 cm³/mol. The van der Waals surface area contributed by atoms with E-state index in [1.807, 2.05) is 0 Å². The van der Waals surface area contributed by atoms with E-state index in [0.29, 0.717) is 36.0 Å². The molecule has 0 aliphatic rings. The lowest BCUT2D eigenvalue weighted by atomic mass is 9.93. The van der Waals surface area contributed by atoms with Gasteiger partial charge in [-0.15, -0.1) is 0 Å². The third-order valence-electron chi connectivity index (χ3n) is 7.17. The van der Waals surface area contributed by atoms with E-state index in [2.05, 4.69) is 71.2 Å². The van der Waals surface area contributed by atoms with Crippen molar-refractivity contribution in [2.75, 3.05) is 34.5 Å². The van der Waals surface area contributed by atoms with E-state index < -0.39 is 8.32 Å². The highest BCUT2D eigenvalue weighted by atomic mass is 28.4. The van der Waals surface area contributed by atoms with Crippen LogP contribution in [0.4, 0.5) is 0 Å². The average molecular weight is 502 g/mol. The summed E-state index contributed by atoms with van der Waals surface area (Å²) in [6.07, 6.45) is 0.824. The van der Waals surface area contributed by atoms with Gasteiger partial charge < -0.3 is 24.0 Å². The number of amides is 1. The zero-order chi connectivity index (χ0) is 26.4. The number of rotatable bonds is 11. The van der Waals surface area contributed by atoms with E-state index in [9.17, 15) is 4.79 Å². The molecule has 0 heterocycles. The molecule has 0 saturated carbocycles. The molecule has 0 bridgehead atoms. The summed E-state index contributed by atoms with van der Waals surface area (Å²) < 4.78 is 22.6. The molecule has 0 saturated heterocycles. The second kappa shape index (κ2) is 12.0. The number of nitrogens with one attached hydrogen (secondary N) is 1. The van der Waals surface area contributed by atoms with Crippen LogP contribution in [0.2, 0.25) is 18.1 Å². The van der Waals surface area contributed by atoms with Gasteiger partial charge in [0.1, 0.15) is 0 Å². The van der Waals surface area contributed by atoms with Crippen molar-refractivity contribution in [3.63, 3.8) is 0 Å². The fraction of sp³-hybridized carbons (Fsp3) is 0.536. The number of methoxy groups -OCH3 is 3. The molecule has 0 aliphatic carbocycles.